The molecule has 0 atom stereocenters. The molecular formula is C34H70O18. The van der Waals surface area contributed by atoms with Crippen molar-refractivity contribution in [2.24, 2.45) is 0 Å². The van der Waals surface area contributed by atoms with Gasteiger partial charge in [-0.1, -0.05) is 0 Å². The molecule has 0 unspecified atom stereocenters. The van der Waals surface area contributed by atoms with Crippen LogP contribution in [0.2, 0.25) is 0 Å². The van der Waals surface area contributed by atoms with Gasteiger partial charge in [-0.3, -0.25) is 0 Å². The van der Waals surface area contributed by atoms with Crippen molar-refractivity contribution in [2.75, 3.05) is 225 Å². The van der Waals surface area contributed by atoms with E-state index in [9.17, 15) is 0 Å². The second-order valence-corrected chi connectivity index (χ2v) is 10.2. The topological polar surface area (TPSA) is 188 Å². The Morgan fingerprint density at radius 1 is 0.135 bits per heavy atom. The van der Waals surface area contributed by atoms with Gasteiger partial charge in [0.2, 0.25) is 0 Å². The Balaban J connectivity index is 3.04. The lowest BCUT2D eigenvalue weighted by Gasteiger charge is -2.09. The second-order valence-electron chi connectivity index (χ2n) is 10.2. The normalized spacial score (nSPS) is 11.7. The van der Waals surface area contributed by atoms with E-state index in [1.165, 1.54) is 0 Å². The van der Waals surface area contributed by atoms with Crippen molar-refractivity contribution in [2.45, 2.75) is 0 Å². The lowest BCUT2D eigenvalue weighted by molar-refractivity contribution is -0.0306. The maximum absolute atomic E-state index is 8.58. The molecule has 314 valence electrons. The second kappa shape index (κ2) is 50.3. The molecule has 52 heavy (non-hydrogen) atoms. The first kappa shape index (κ1) is 51.3. The van der Waals surface area contributed by atoms with Crippen LogP contribution in [0.3, 0.4) is 0 Å². The molecule has 0 spiro atoms. The summed E-state index contributed by atoms with van der Waals surface area (Å²) in [7, 11) is 0. The minimum absolute atomic E-state index is 0.0212. The Morgan fingerprint density at radius 2 is 0.212 bits per heavy atom. The summed E-state index contributed by atoms with van der Waals surface area (Å²) in [6, 6.07) is 0. The third kappa shape index (κ3) is 49.3. The van der Waals surface area contributed by atoms with E-state index in [1.54, 1.807) is 0 Å². The van der Waals surface area contributed by atoms with Crippen LogP contribution in [0.25, 0.3) is 0 Å². The van der Waals surface area contributed by atoms with Crippen LogP contribution in [0.4, 0.5) is 0 Å². The van der Waals surface area contributed by atoms with E-state index in [4.69, 9.17) is 86.0 Å². The Hall–Kier alpha value is -0.720. The predicted molar refractivity (Wildman–Crippen MR) is 187 cm³/mol. The van der Waals surface area contributed by atoms with Gasteiger partial charge in [-0.25, -0.2) is 0 Å². The average Bonchev–Trinajstić information content (AvgIpc) is 3.16. The monoisotopic (exact) mass is 766 g/mol. The van der Waals surface area contributed by atoms with Crippen molar-refractivity contribution in [3.05, 3.63) is 0 Å². The molecular weight excluding hydrogens is 696 g/mol. The Bertz CT molecular complexity index is 563. The molecule has 18 nitrogen and oxygen atoms in total. The fourth-order valence-corrected chi connectivity index (χ4v) is 3.53. The van der Waals surface area contributed by atoms with Gasteiger partial charge in [0.1, 0.15) is 0 Å². The van der Waals surface area contributed by atoms with Crippen LogP contribution < -0.4 is 0 Å². The largest absolute Gasteiger partial charge is 0.394 e. The van der Waals surface area contributed by atoms with Gasteiger partial charge in [0.15, 0.2) is 0 Å². The number of hydrogen-bond donors (Lipinski definition) is 2. The molecule has 0 aromatic rings. The van der Waals surface area contributed by atoms with Gasteiger partial charge in [0, 0.05) is 0 Å². The first-order valence-electron chi connectivity index (χ1n) is 18.4. The molecule has 0 saturated carbocycles. The minimum atomic E-state index is 0.0212. The molecule has 0 aliphatic carbocycles. The molecule has 2 N–H and O–H groups in total. The molecule has 0 aromatic carbocycles. The summed E-state index contributed by atoms with van der Waals surface area (Å²) in [6.45, 7) is 15.5. The summed E-state index contributed by atoms with van der Waals surface area (Å²) >= 11 is 0. The van der Waals surface area contributed by atoms with Gasteiger partial charge >= 0.3 is 0 Å². The molecule has 0 saturated heterocycles. The molecule has 0 radical (unpaired) electrons. The quantitative estimate of drug-likeness (QED) is 0.0735. The number of rotatable bonds is 49. The molecule has 0 rings (SSSR count). The zero-order valence-electron chi connectivity index (χ0n) is 31.5. The van der Waals surface area contributed by atoms with E-state index in [1.807, 2.05) is 0 Å². The number of hydrogen-bond acceptors (Lipinski definition) is 18. The van der Waals surface area contributed by atoms with Crippen molar-refractivity contribution in [3.8, 4) is 0 Å². The smallest absolute Gasteiger partial charge is 0.0701 e. The molecule has 18 heteroatoms. The van der Waals surface area contributed by atoms with Crippen molar-refractivity contribution in [1.82, 2.24) is 0 Å². The molecule has 0 fully saturated rings. The SMILES string of the molecule is OCCOCCOCCOCCOCCOCCOCCOCCOCCOCCOCCOCCOCCOCCOCCOCCOCCO. The first-order valence-corrected chi connectivity index (χ1v) is 18.4. The number of aliphatic hydroxyl groups excluding tert-OH is 2. The van der Waals surface area contributed by atoms with E-state index in [-0.39, 0.29) is 13.2 Å². The first-order chi connectivity index (χ1) is 25.9. The molecule has 0 bridgehead atoms. The van der Waals surface area contributed by atoms with Gasteiger partial charge in [-0.2, -0.15) is 0 Å². The van der Waals surface area contributed by atoms with Crippen LogP contribution in [0.5, 0.6) is 0 Å². The molecule has 0 aliphatic rings. The fraction of sp³-hybridized carbons (Fsp3) is 1.00. The minimum Gasteiger partial charge on any atom is -0.394 e. The Kier molecular flexibility index (Phi) is 49.6. The summed E-state index contributed by atoms with van der Waals surface area (Å²) < 4.78 is 86.3. The highest BCUT2D eigenvalue weighted by Gasteiger charge is 1.98. The standard InChI is InChI=1S/C34H70O18/c35-1-3-37-5-7-39-9-11-41-13-15-43-17-19-45-21-23-47-25-27-49-29-31-51-33-34-52-32-30-50-28-26-48-24-22-46-20-18-44-16-14-42-12-10-40-8-6-38-4-2-36/h35-36H,1-34H2. The fourth-order valence-electron chi connectivity index (χ4n) is 3.53. The third-order valence-corrected chi connectivity index (χ3v) is 6.05. The highest BCUT2D eigenvalue weighted by molar-refractivity contribution is 4.40. The molecule has 0 aliphatic heterocycles. The summed E-state index contributed by atoms with van der Waals surface area (Å²) in [6.07, 6.45) is 0. The molecule has 0 aromatic heterocycles. The maximum Gasteiger partial charge on any atom is 0.0701 e. The number of aliphatic hydroxyl groups is 2. The summed E-state index contributed by atoms with van der Waals surface area (Å²) in [5.41, 5.74) is 0. The van der Waals surface area contributed by atoms with Crippen LogP contribution in [-0.4, -0.2) is 235 Å². The van der Waals surface area contributed by atoms with E-state index in [0.717, 1.165) is 0 Å². The molecule has 0 amide bonds. The van der Waals surface area contributed by atoms with E-state index in [0.29, 0.717) is 211 Å². The zero-order chi connectivity index (χ0) is 37.4. The number of ether oxygens (including phenoxy) is 16. The zero-order valence-corrected chi connectivity index (χ0v) is 31.5. The van der Waals surface area contributed by atoms with E-state index in [2.05, 4.69) is 0 Å². The van der Waals surface area contributed by atoms with Crippen LogP contribution in [0, 0.1) is 0 Å². The van der Waals surface area contributed by atoms with Crippen LogP contribution in [0.1, 0.15) is 0 Å². The predicted octanol–water partition coefficient (Wildman–Crippen LogP) is -0.763. The van der Waals surface area contributed by atoms with E-state index >= 15 is 0 Å². The Morgan fingerprint density at radius 3 is 0.288 bits per heavy atom. The van der Waals surface area contributed by atoms with Gasteiger partial charge in [0.05, 0.1) is 225 Å². The van der Waals surface area contributed by atoms with Crippen molar-refractivity contribution >= 4 is 0 Å². The lowest BCUT2D eigenvalue weighted by atomic mass is 10.6. The van der Waals surface area contributed by atoms with Gasteiger partial charge in [0.25, 0.3) is 0 Å². The van der Waals surface area contributed by atoms with Crippen molar-refractivity contribution < 1.29 is 86.0 Å². The molecule has 0 heterocycles. The van der Waals surface area contributed by atoms with Crippen LogP contribution in [0.15, 0.2) is 0 Å². The van der Waals surface area contributed by atoms with Gasteiger partial charge in [-0.05, 0) is 0 Å². The maximum atomic E-state index is 8.58. The highest BCUT2D eigenvalue weighted by Crippen LogP contribution is 1.88. The highest BCUT2D eigenvalue weighted by atomic mass is 16.6. The average molecular weight is 767 g/mol. The van der Waals surface area contributed by atoms with Gasteiger partial charge < -0.3 is 86.0 Å². The van der Waals surface area contributed by atoms with E-state index < -0.39 is 0 Å². The third-order valence-electron chi connectivity index (χ3n) is 6.05. The van der Waals surface area contributed by atoms with Gasteiger partial charge in [-0.15, -0.1) is 0 Å². The lowest BCUT2D eigenvalue weighted by Crippen LogP contribution is -2.16. The summed E-state index contributed by atoms with van der Waals surface area (Å²) in [5, 5.41) is 17.2. The summed E-state index contributed by atoms with van der Waals surface area (Å²) in [4.78, 5) is 0. The van der Waals surface area contributed by atoms with Crippen molar-refractivity contribution in [1.29, 1.82) is 0 Å². The van der Waals surface area contributed by atoms with Crippen molar-refractivity contribution in [3.63, 3.8) is 0 Å². The Labute approximate surface area is 310 Å². The summed E-state index contributed by atoms with van der Waals surface area (Å²) in [5.74, 6) is 0. The van der Waals surface area contributed by atoms with Crippen LogP contribution >= 0.6 is 0 Å². The van der Waals surface area contributed by atoms with Crippen LogP contribution in [-0.2, 0) is 75.8 Å².